The first-order valence-electron chi connectivity index (χ1n) is 6.75. The van der Waals surface area contributed by atoms with Crippen molar-refractivity contribution in [2.24, 2.45) is 11.7 Å². The topological polar surface area (TPSA) is 64.3 Å². The van der Waals surface area contributed by atoms with Crippen LogP contribution in [0.15, 0.2) is 24.3 Å². The summed E-state index contributed by atoms with van der Waals surface area (Å²) >= 11 is 0. The molecular weight excluding hydrogens is 285 g/mol. The highest BCUT2D eigenvalue weighted by Gasteiger charge is 2.34. The molecule has 1 aliphatic carbocycles. The maximum Gasteiger partial charge on any atom is 0.418 e. The molecule has 0 radical (unpaired) electrons. The molecule has 1 aliphatic rings. The summed E-state index contributed by atoms with van der Waals surface area (Å²) in [6.45, 7) is 0.400. The summed E-state index contributed by atoms with van der Waals surface area (Å²) in [5.74, 6) is 0.0774. The molecule has 1 amide bonds. The van der Waals surface area contributed by atoms with Crippen LogP contribution in [0.3, 0.4) is 0 Å². The van der Waals surface area contributed by atoms with Crippen molar-refractivity contribution in [3.8, 4) is 0 Å². The number of hydrogen-bond donors (Lipinski definition) is 2. The maximum absolute atomic E-state index is 12.8. The van der Waals surface area contributed by atoms with Gasteiger partial charge in [-0.25, -0.2) is 4.79 Å². The number of rotatable bonds is 3. The molecular formula is C14H17F3N2O2. The molecule has 3 N–H and O–H groups in total. The largest absolute Gasteiger partial charge is 0.446 e. The van der Waals surface area contributed by atoms with Gasteiger partial charge in [-0.05, 0) is 37.9 Å². The van der Waals surface area contributed by atoms with E-state index in [4.69, 9.17) is 10.5 Å². The fraction of sp³-hybridized carbons (Fsp3) is 0.500. The lowest BCUT2D eigenvalue weighted by atomic mass is 10.1. The quantitative estimate of drug-likeness (QED) is 0.899. The predicted octanol–water partition coefficient (Wildman–Crippen LogP) is 3.38. The summed E-state index contributed by atoms with van der Waals surface area (Å²) < 4.78 is 43.6. The minimum absolute atomic E-state index is 0.0774. The van der Waals surface area contributed by atoms with Crippen molar-refractivity contribution in [2.75, 3.05) is 11.9 Å². The second-order valence-electron chi connectivity index (χ2n) is 5.04. The minimum Gasteiger partial charge on any atom is -0.446 e. The monoisotopic (exact) mass is 302 g/mol. The van der Waals surface area contributed by atoms with Crippen LogP contribution >= 0.6 is 0 Å². The highest BCUT2D eigenvalue weighted by atomic mass is 19.4. The lowest BCUT2D eigenvalue weighted by molar-refractivity contribution is -0.136. The van der Waals surface area contributed by atoms with Crippen molar-refractivity contribution in [3.05, 3.63) is 29.8 Å². The predicted molar refractivity (Wildman–Crippen MR) is 71.7 cm³/mol. The van der Waals surface area contributed by atoms with E-state index in [1.54, 1.807) is 0 Å². The normalized spacial score (nSPS) is 22.1. The molecule has 1 saturated carbocycles. The van der Waals surface area contributed by atoms with Crippen LogP contribution in [0.1, 0.15) is 24.8 Å². The Bertz CT molecular complexity index is 505. The van der Waals surface area contributed by atoms with Gasteiger partial charge in [0.05, 0.1) is 11.3 Å². The van der Waals surface area contributed by atoms with Crippen LogP contribution in [0.4, 0.5) is 23.7 Å². The molecule has 2 atom stereocenters. The zero-order chi connectivity index (χ0) is 15.5. The summed E-state index contributed by atoms with van der Waals surface area (Å²) in [6.07, 6.45) is -3.27. The fourth-order valence-corrected chi connectivity index (χ4v) is 2.54. The first-order valence-corrected chi connectivity index (χ1v) is 6.75. The molecule has 116 valence electrons. The van der Waals surface area contributed by atoms with E-state index < -0.39 is 17.8 Å². The van der Waals surface area contributed by atoms with E-state index in [-0.39, 0.29) is 17.7 Å². The van der Waals surface area contributed by atoms with Gasteiger partial charge >= 0.3 is 12.3 Å². The van der Waals surface area contributed by atoms with Crippen LogP contribution in [-0.4, -0.2) is 18.7 Å². The molecule has 0 saturated heterocycles. The Kier molecular flexibility index (Phi) is 4.72. The zero-order valence-corrected chi connectivity index (χ0v) is 11.3. The SMILES string of the molecule is NCC1CCCC1OC(=O)Nc1ccccc1C(F)(F)F. The van der Waals surface area contributed by atoms with E-state index in [1.165, 1.54) is 18.2 Å². The molecule has 0 aliphatic heterocycles. The van der Waals surface area contributed by atoms with Crippen LogP contribution < -0.4 is 11.1 Å². The molecule has 1 fully saturated rings. The van der Waals surface area contributed by atoms with E-state index in [0.29, 0.717) is 13.0 Å². The van der Waals surface area contributed by atoms with Crippen LogP contribution in [-0.2, 0) is 10.9 Å². The number of anilines is 1. The Morgan fingerprint density at radius 3 is 2.71 bits per heavy atom. The number of carbonyl (C=O) groups is 1. The molecule has 2 unspecified atom stereocenters. The van der Waals surface area contributed by atoms with Gasteiger partial charge in [-0.15, -0.1) is 0 Å². The summed E-state index contributed by atoms with van der Waals surface area (Å²) in [5.41, 5.74) is 4.37. The molecule has 1 aromatic rings. The summed E-state index contributed by atoms with van der Waals surface area (Å²) in [4.78, 5) is 11.8. The highest BCUT2D eigenvalue weighted by Crippen LogP contribution is 2.35. The Balaban J connectivity index is 2.03. The summed E-state index contributed by atoms with van der Waals surface area (Å²) in [7, 11) is 0. The number of ether oxygens (including phenoxy) is 1. The third-order valence-corrected chi connectivity index (χ3v) is 3.62. The van der Waals surface area contributed by atoms with Crippen molar-refractivity contribution in [1.29, 1.82) is 0 Å². The van der Waals surface area contributed by atoms with E-state index in [1.807, 2.05) is 0 Å². The Morgan fingerprint density at radius 1 is 1.33 bits per heavy atom. The minimum atomic E-state index is -4.53. The van der Waals surface area contributed by atoms with Gasteiger partial charge in [0.15, 0.2) is 0 Å². The molecule has 7 heteroatoms. The standard InChI is InChI=1S/C14H17F3N2O2/c15-14(16,17)10-5-1-2-6-11(10)19-13(20)21-12-7-3-4-9(12)8-18/h1-2,5-6,9,12H,3-4,7-8,18H2,(H,19,20). The average Bonchev–Trinajstić information content (AvgIpc) is 2.85. The Labute approximate surface area is 120 Å². The van der Waals surface area contributed by atoms with E-state index in [2.05, 4.69) is 5.32 Å². The number of alkyl halides is 3. The van der Waals surface area contributed by atoms with Crippen LogP contribution in [0, 0.1) is 5.92 Å². The number of para-hydroxylation sites is 1. The van der Waals surface area contributed by atoms with Gasteiger partial charge in [0.1, 0.15) is 6.10 Å². The van der Waals surface area contributed by atoms with Gasteiger partial charge in [0.2, 0.25) is 0 Å². The van der Waals surface area contributed by atoms with Crippen molar-refractivity contribution >= 4 is 11.8 Å². The van der Waals surface area contributed by atoms with Gasteiger partial charge in [0, 0.05) is 5.92 Å². The molecule has 0 aromatic heterocycles. The Morgan fingerprint density at radius 2 is 2.05 bits per heavy atom. The highest BCUT2D eigenvalue weighted by molar-refractivity contribution is 5.86. The van der Waals surface area contributed by atoms with E-state index in [9.17, 15) is 18.0 Å². The van der Waals surface area contributed by atoms with E-state index in [0.717, 1.165) is 18.9 Å². The molecule has 0 spiro atoms. The average molecular weight is 302 g/mol. The Hall–Kier alpha value is -1.76. The second kappa shape index (κ2) is 6.34. The number of hydrogen-bond acceptors (Lipinski definition) is 3. The summed E-state index contributed by atoms with van der Waals surface area (Å²) in [5, 5.41) is 2.17. The molecule has 0 bridgehead atoms. The first kappa shape index (κ1) is 15.6. The third-order valence-electron chi connectivity index (χ3n) is 3.62. The van der Waals surface area contributed by atoms with Crippen molar-refractivity contribution < 1.29 is 22.7 Å². The number of carbonyl (C=O) groups excluding carboxylic acids is 1. The lowest BCUT2D eigenvalue weighted by Gasteiger charge is -2.19. The molecule has 1 aromatic carbocycles. The second-order valence-corrected chi connectivity index (χ2v) is 5.04. The summed E-state index contributed by atoms with van der Waals surface area (Å²) in [6, 6.07) is 4.79. The van der Waals surface area contributed by atoms with Gasteiger partial charge in [-0.2, -0.15) is 13.2 Å². The van der Waals surface area contributed by atoms with Crippen molar-refractivity contribution in [1.82, 2.24) is 0 Å². The first-order chi connectivity index (χ1) is 9.91. The van der Waals surface area contributed by atoms with Gasteiger partial charge in [-0.3, -0.25) is 5.32 Å². The molecule has 2 rings (SSSR count). The molecule has 4 nitrogen and oxygen atoms in total. The molecule has 0 heterocycles. The van der Waals surface area contributed by atoms with Gasteiger partial charge in [-0.1, -0.05) is 12.1 Å². The van der Waals surface area contributed by atoms with Crippen LogP contribution in [0.5, 0.6) is 0 Å². The molecule has 21 heavy (non-hydrogen) atoms. The maximum atomic E-state index is 12.8. The number of nitrogens with one attached hydrogen (secondary N) is 1. The number of amides is 1. The van der Waals surface area contributed by atoms with E-state index >= 15 is 0 Å². The smallest absolute Gasteiger partial charge is 0.418 e. The van der Waals surface area contributed by atoms with Crippen molar-refractivity contribution in [3.63, 3.8) is 0 Å². The van der Waals surface area contributed by atoms with Gasteiger partial charge in [0.25, 0.3) is 0 Å². The number of nitrogens with two attached hydrogens (primary N) is 1. The number of benzene rings is 1. The zero-order valence-electron chi connectivity index (χ0n) is 11.3. The van der Waals surface area contributed by atoms with Crippen molar-refractivity contribution in [2.45, 2.75) is 31.5 Å². The van der Waals surface area contributed by atoms with Crippen LogP contribution in [0.2, 0.25) is 0 Å². The third kappa shape index (κ3) is 3.87. The van der Waals surface area contributed by atoms with Gasteiger partial charge < -0.3 is 10.5 Å². The number of halogens is 3. The fourth-order valence-electron chi connectivity index (χ4n) is 2.54. The van der Waals surface area contributed by atoms with Crippen LogP contribution in [0.25, 0.3) is 0 Å². The lowest BCUT2D eigenvalue weighted by Crippen LogP contribution is -2.30.